The van der Waals surface area contributed by atoms with Crippen LogP contribution in [0.2, 0.25) is 5.02 Å². The fourth-order valence-corrected chi connectivity index (χ4v) is 5.32. The van der Waals surface area contributed by atoms with Crippen molar-refractivity contribution in [2.24, 2.45) is 5.92 Å². The highest BCUT2D eigenvalue weighted by Crippen LogP contribution is 2.38. The molecule has 5 rings (SSSR count). The van der Waals surface area contributed by atoms with Crippen LogP contribution >= 0.6 is 11.6 Å². The summed E-state index contributed by atoms with van der Waals surface area (Å²) in [5, 5.41) is 3.74. The molecule has 0 unspecified atom stereocenters. The van der Waals surface area contributed by atoms with Crippen LogP contribution in [0.25, 0.3) is 0 Å². The molecular formula is C31H30ClF3N2O6. The lowest BCUT2D eigenvalue weighted by Crippen LogP contribution is -2.39. The normalized spacial score (nSPS) is 18.2. The number of halogens is 4. The van der Waals surface area contributed by atoms with E-state index in [1.165, 1.54) is 30.2 Å². The second-order valence-electron chi connectivity index (χ2n) is 10.3. The Labute approximate surface area is 251 Å². The zero-order valence-electron chi connectivity index (χ0n) is 23.4. The van der Waals surface area contributed by atoms with Crippen molar-refractivity contribution in [1.82, 2.24) is 0 Å². The number of fused-ring (bicyclic) bond motifs is 1. The van der Waals surface area contributed by atoms with Crippen LogP contribution in [0.3, 0.4) is 0 Å². The second kappa shape index (κ2) is 12.6. The van der Waals surface area contributed by atoms with E-state index >= 15 is 0 Å². The number of carbonyl (C=O) groups excluding carboxylic acids is 2. The number of hydrogen-bond acceptors (Lipinski definition) is 7. The Hall–Kier alpha value is -4.12. The summed E-state index contributed by atoms with van der Waals surface area (Å²) >= 11 is 6.11. The van der Waals surface area contributed by atoms with Crippen molar-refractivity contribution >= 4 is 34.9 Å². The monoisotopic (exact) mass is 618 g/mol. The number of nitrogens with zero attached hydrogens (tertiary/aromatic N) is 1. The van der Waals surface area contributed by atoms with Gasteiger partial charge in [-0.25, -0.2) is 0 Å². The van der Waals surface area contributed by atoms with E-state index in [-0.39, 0.29) is 30.4 Å². The topological polar surface area (TPSA) is 86.3 Å². The third-order valence-corrected chi connectivity index (χ3v) is 7.60. The van der Waals surface area contributed by atoms with E-state index in [0.29, 0.717) is 59.3 Å². The molecule has 12 heteroatoms. The number of hydrogen-bond donors (Lipinski definition) is 1. The van der Waals surface area contributed by atoms with Gasteiger partial charge in [0.1, 0.15) is 29.4 Å². The zero-order chi connectivity index (χ0) is 30.7. The average Bonchev–Trinajstić information content (AvgIpc) is 3.36. The number of nitrogens with one attached hydrogen (secondary N) is 1. The van der Waals surface area contributed by atoms with Crippen LogP contribution in [-0.2, 0) is 20.7 Å². The predicted molar refractivity (Wildman–Crippen MR) is 154 cm³/mol. The molecule has 1 heterocycles. The maximum Gasteiger partial charge on any atom is 0.573 e. The number of rotatable bonds is 10. The number of carbonyl (C=O) groups is 2. The first-order valence-corrected chi connectivity index (χ1v) is 14.1. The van der Waals surface area contributed by atoms with Gasteiger partial charge in [-0.2, -0.15) is 0 Å². The maximum atomic E-state index is 14.1. The average molecular weight is 619 g/mol. The first kappa shape index (κ1) is 30.3. The Morgan fingerprint density at radius 1 is 1.02 bits per heavy atom. The van der Waals surface area contributed by atoms with Crippen LogP contribution in [-0.4, -0.2) is 44.6 Å². The highest BCUT2D eigenvalue weighted by atomic mass is 35.5. The van der Waals surface area contributed by atoms with Crippen LogP contribution in [0.4, 0.5) is 24.5 Å². The molecule has 1 saturated carbocycles. The number of benzene rings is 3. The third-order valence-electron chi connectivity index (χ3n) is 7.35. The van der Waals surface area contributed by atoms with Crippen LogP contribution in [0.1, 0.15) is 36.9 Å². The maximum absolute atomic E-state index is 14.1. The second-order valence-corrected chi connectivity index (χ2v) is 10.7. The van der Waals surface area contributed by atoms with E-state index in [0.717, 1.165) is 5.56 Å². The minimum absolute atomic E-state index is 0.183. The number of amides is 1. The third kappa shape index (κ3) is 7.27. The van der Waals surface area contributed by atoms with Gasteiger partial charge >= 0.3 is 12.3 Å². The Kier molecular flexibility index (Phi) is 8.91. The fourth-order valence-electron chi connectivity index (χ4n) is 5.20. The van der Waals surface area contributed by atoms with Crippen molar-refractivity contribution in [2.75, 3.05) is 30.5 Å². The van der Waals surface area contributed by atoms with Gasteiger partial charge in [0.25, 0.3) is 5.91 Å². The van der Waals surface area contributed by atoms with Gasteiger partial charge in [0.15, 0.2) is 0 Å². The number of anilines is 2. The zero-order valence-corrected chi connectivity index (χ0v) is 24.2. The van der Waals surface area contributed by atoms with Crippen molar-refractivity contribution in [2.45, 2.75) is 44.7 Å². The van der Waals surface area contributed by atoms with Crippen LogP contribution in [0, 0.1) is 5.92 Å². The molecular weight excluding hydrogens is 589 g/mol. The molecule has 1 aliphatic carbocycles. The molecule has 0 saturated heterocycles. The summed E-state index contributed by atoms with van der Waals surface area (Å²) < 4.78 is 59.4. The van der Waals surface area contributed by atoms with Crippen molar-refractivity contribution in [3.8, 4) is 17.2 Å². The molecule has 0 bridgehead atoms. The SMILES string of the molecule is CCOC(=O)C1CC(Oc2cc(N[C@@H](C(=O)N3CCc4ccc(OC(F)(F)F)cc43)c3ccc(Cl)cc3)cc(OC)c2)C1. The number of ether oxygens (including phenoxy) is 4. The summed E-state index contributed by atoms with van der Waals surface area (Å²) in [6, 6.07) is 14.9. The summed E-state index contributed by atoms with van der Waals surface area (Å²) in [5.74, 6) is -0.267. The lowest BCUT2D eigenvalue weighted by molar-refractivity contribution is -0.274. The smallest absolute Gasteiger partial charge is 0.497 e. The number of methoxy groups -OCH3 is 1. The van der Waals surface area contributed by atoms with Gasteiger partial charge in [-0.1, -0.05) is 29.8 Å². The van der Waals surface area contributed by atoms with Gasteiger partial charge in [-0.05, 0) is 55.5 Å². The molecule has 2 aliphatic rings. The van der Waals surface area contributed by atoms with Crippen molar-refractivity contribution < 1.29 is 41.7 Å². The molecule has 3 aromatic rings. The molecule has 1 N–H and O–H groups in total. The molecule has 0 aromatic heterocycles. The first-order chi connectivity index (χ1) is 20.5. The van der Waals surface area contributed by atoms with Gasteiger partial charge in [0.05, 0.1) is 25.3 Å². The summed E-state index contributed by atoms with van der Waals surface area (Å²) in [5.41, 5.74) is 2.18. The number of esters is 1. The van der Waals surface area contributed by atoms with E-state index < -0.39 is 18.2 Å². The minimum atomic E-state index is -4.86. The Morgan fingerprint density at radius 2 is 1.74 bits per heavy atom. The lowest BCUT2D eigenvalue weighted by atomic mass is 9.82. The summed E-state index contributed by atoms with van der Waals surface area (Å²) in [4.78, 5) is 27.5. The predicted octanol–water partition coefficient (Wildman–Crippen LogP) is 6.71. The molecule has 0 spiro atoms. The Morgan fingerprint density at radius 3 is 2.42 bits per heavy atom. The molecule has 228 valence electrons. The highest BCUT2D eigenvalue weighted by Gasteiger charge is 2.38. The molecule has 0 radical (unpaired) electrons. The van der Waals surface area contributed by atoms with E-state index in [2.05, 4.69) is 10.1 Å². The molecule has 43 heavy (non-hydrogen) atoms. The van der Waals surface area contributed by atoms with E-state index in [1.54, 1.807) is 49.4 Å². The standard InChI is InChI=1S/C31H30ClF3N2O6/c1-3-41-30(39)20-12-25(13-20)42-26-15-22(14-24(16-26)40-2)36-28(19-4-7-21(32)8-5-19)29(38)37-11-10-18-6-9-23(17-27(18)37)43-31(33,34)35/h4-9,14-17,20,25,28,36H,3,10-13H2,1-2H3/t20?,25?,28-/m1/s1. The summed E-state index contributed by atoms with van der Waals surface area (Å²) in [7, 11) is 1.51. The van der Waals surface area contributed by atoms with Gasteiger partial charge in [0, 0.05) is 41.5 Å². The van der Waals surface area contributed by atoms with Crippen molar-refractivity contribution in [1.29, 1.82) is 0 Å². The summed E-state index contributed by atoms with van der Waals surface area (Å²) in [6.07, 6.45) is -3.51. The van der Waals surface area contributed by atoms with Crippen molar-refractivity contribution in [3.63, 3.8) is 0 Å². The summed E-state index contributed by atoms with van der Waals surface area (Å²) in [6.45, 7) is 2.37. The quantitative estimate of drug-likeness (QED) is 0.253. The Bertz CT molecular complexity index is 1480. The van der Waals surface area contributed by atoms with Crippen LogP contribution in [0.15, 0.2) is 60.7 Å². The van der Waals surface area contributed by atoms with E-state index in [1.807, 2.05) is 0 Å². The van der Waals surface area contributed by atoms with Crippen molar-refractivity contribution in [3.05, 3.63) is 76.8 Å². The van der Waals surface area contributed by atoms with Crippen LogP contribution in [0.5, 0.6) is 17.2 Å². The molecule has 1 fully saturated rings. The van der Waals surface area contributed by atoms with Gasteiger partial charge in [-0.3, -0.25) is 9.59 Å². The lowest BCUT2D eigenvalue weighted by Gasteiger charge is -2.33. The molecule has 1 atom stereocenters. The Balaban J connectivity index is 1.40. The van der Waals surface area contributed by atoms with Gasteiger partial charge in [-0.15, -0.1) is 13.2 Å². The van der Waals surface area contributed by atoms with E-state index in [9.17, 15) is 22.8 Å². The molecule has 1 amide bonds. The molecule has 8 nitrogen and oxygen atoms in total. The van der Waals surface area contributed by atoms with E-state index in [4.69, 9.17) is 25.8 Å². The fraction of sp³-hybridized carbons (Fsp3) is 0.355. The minimum Gasteiger partial charge on any atom is -0.497 e. The van der Waals surface area contributed by atoms with Crippen LogP contribution < -0.4 is 24.4 Å². The van der Waals surface area contributed by atoms with Gasteiger partial charge in [0.2, 0.25) is 0 Å². The highest BCUT2D eigenvalue weighted by molar-refractivity contribution is 6.30. The molecule has 3 aromatic carbocycles. The number of alkyl halides is 3. The van der Waals surface area contributed by atoms with Gasteiger partial charge < -0.3 is 29.2 Å². The first-order valence-electron chi connectivity index (χ1n) is 13.8. The largest absolute Gasteiger partial charge is 0.573 e. The molecule has 1 aliphatic heterocycles.